The third kappa shape index (κ3) is 4.93. The van der Waals surface area contributed by atoms with Crippen molar-refractivity contribution in [2.45, 2.75) is 0 Å². The highest BCUT2D eigenvalue weighted by molar-refractivity contribution is 5.74. The van der Waals surface area contributed by atoms with Gasteiger partial charge in [0.05, 0.1) is 26.0 Å². The Labute approximate surface area is 177 Å². The number of benzene rings is 2. The van der Waals surface area contributed by atoms with Gasteiger partial charge in [-0.05, 0) is 36.4 Å². The van der Waals surface area contributed by atoms with Crippen molar-refractivity contribution in [1.82, 2.24) is 14.7 Å². The average Bonchev–Trinajstić information content (AvgIpc) is 3.21. The molecule has 1 aliphatic heterocycles. The number of hydrogen-bond donors (Lipinski definition) is 1. The molecule has 3 aromatic rings. The first-order valence-corrected chi connectivity index (χ1v) is 10.2. The molecule has 7 nitrogen and oxygen atoms in total. The molecule has 158 valence electrons. The summed E-state index contributed by atoms with van der Waals surface area (Å²) in [7, 11) is 3.61. The molecule has 0 bridgehead atoms. The highest BCUT2D eigenvalue weighted by Crippen LogP contribution is 2.33. The number of morpholine rings is 1. The first-order chi connectivity index (χ1) is 14.7. The quantitative estimate of drug-likeness (QED) is 0.615. The lowest BCUT2D eigenvalue weighted by atomic mass is 10.1. The van der Waals surface area contributed by atoms with Crippen LogP contribution in [0.3, 0.4) is 0 Å². The molecule has 30 heavy (non-hydrogen) atoms. The number of aryl methyl sites for hydroxylation is 1. The van der Waals surface area contributed by atoms with Crippen molar-refractivity contribution < 1.29 is 14.2 Å². The van der Waals surface area contributed by atoms with Crippen LogP contribution < -0.4 is 14.8 Å². The van der Waals surface area contributed by atoms with Crippen molar-refractivity contribution in [2.75, 3.05) is 51.9 Å². The van der Waals surface area contributed by atoms with Gasteiger partial charge in [0.15, 0.2) is 0 Å². The van der Waals surface area contributed by atoms with E-state index in [1.807, 2.05) is 54.2 Å². The fraction of sp³-hybridized carbons (Fsp3) is 0.348. The standard InChI is InChI=1S/C23H28N4O3/c1-26-22(8-9-24-26)21-17-19(25-18-4-3-5-20(16-18)28-2)6-7-23(21)30-15-12-27-10-13-29-14-11-27/h3-9,16-17,25H,10-15H2,1-2H3. The summed E-state index contributed by atoms with van der Waals surface area (Å²) in [6, 6.07) is 16.0. The van der Waals surface area contributed by atoms with Gasteiger partial charge in [0, 0.05) is 55.9 Å². The van der Waals surface area contributed by atoms with Crippen molar-refractivity contribution in [3.8, 4) is 22.8 Å². The molecule has 7 heteroatoms. The number of hydrogen-bond acceptors (Lipinski definition) is 6. The van der Waals surface area contributed by atoms with Crippen LogP contribution in [0.2, 0.25) is 0 Å². The summed E-state index contributed by atoms with van der Waals surface area (Å²) in [5.41, 5.74) is 3.95. The molecule has 1 aromatic heterocycles. The molecule has 2 heterocycles. The Morgan fingerprint density at radius 1 is 1.07 bits per heavy atom. The van der Waals surface area contributed by atoms with E-state index in [1.165, 1.54) is 0 Å². The van der Waals surface area contributed by atoms with E-state index in [-0.39, 0.29) is 0 Å². The van der Waals surface area contributed by atoms with E-state index < -0.39 is 0 Å². The molecule has 1 N–H and O–H groups in total. The summed E-state index contributed by atoms with van der Waals surface area (Å²) in [4.78, 5) is 2.37. The Morgan fingerprint density at radius 2 is 1.90 bits per heavy atom. The van der Waals surface area contributed by atoms with Crippen LogP contribution in [0.1, 0.15) is 0 Å². The summed E-state index contributed by atoms with van der Waals surface area (Å²) in [5, 5.41) is 7.77. The van der Waals surface area contributed by atoms with Crippen molar-refractivity contribution in [3.63, 3.8) is 0 Å². The molecule has 0 radical (unpaired) electrons. The molecular weight excluding hydrogens is 380 g/mol. The molecule has 2 aromatic carbocycles. The molecule has 0 atom stereocenters. The molecule has 1 fully saturated rings. The fourth-order valence-corrected chi connectivity index (χ4v) is 3.55. The number of methoxy groups -OCH3 is 1. The lowest BCUT2D eigenvalue weighted by Crippen LogP contribution is -2.38. The minimum atomic E-state index is 0.632. The van der Waals surface area contributed by atoms with E-state index in [1.54, 1.807) is 13.3 Å². The summed E-state index contributed by atoms with van der Waals surface area (Å²) < 4.78 is 18.8. The van der Waals surface area contributed by atoms with Gasteiger partial charge in [-0.1, -0.05) is 6.07 Å². The number of anilines is 2. The largest absolute Gasteiger partial charge is 0.497 e. The van der Waals surface area contributed by atoms with Gasteiger partial charge in [-0.3, -0.25) is 9.58 Å². The van der Waals surface area contributed by atoms with Crippen LogP contribution in [-0.2, 0) is 11.8 Å². The third-order valence-corrected chi connectivity index (χ3v) is 5.20. The lowest BCUT2D eigenvalue weighted by Gasteiger charge is -2.26. The second-order valence-electron chi connectivity index (χ2n) is 7.21. The lowest BCUT2D eigenvalue weighted by molar-refractivity contribution is 0.0323. The van der Waals surface area contributed by atoms with E-state index in [4.69, 9.17) is 14.2 Å². The molecular formula is C23H28N4O3. The number of aromatic nitrogens is 2. The summed E-state index contributed by atoms with van der Waals surface area (Å²) in [6.07, 6.45) is 1.80. The second kappa shape index (κ2) is 9.65. The SMILES string of the molecule is COc1cccc(Nc2ccc(OCCN3CCOCC3)c(-c3ccnn3C)c2)c1. The van der Waals surface area contributed by atoms with Crippen molar-refractivity contribution >= 4 is 11.4 Å². The van der Waals surface area contributed by atoms with Crippen LogP contribution in [0.5, 0.6) is 11.5 Å². The Kier molecular flexibility index (Phi) is 6.51. The van der Waals surface area contributed by atoms with Gasteiger partial charge < -0.3 is 19.5 Å². The predicted molar refractivity (Wildman–Crippen MR) is 118 cm³/mol. The Bertz CT molecular complexity index is 967. The van der Waals surface area contributed by atoms with Crippen molar-refractivity contribution in [1.29, 1.82) is 0 Å². The first kappa shape index (κ1) is 20.3. The first-order valence-electron chi connectivity index (χ1n) is 10.2. The molecule has 0 saturated carbocycles. The van der Waals surface area contributed by atoms with Crippen molar-refractivity contribution in [3.05, 3.63) is 54.7 Å². The van der Waals surface area contributed by atoms with E-state index in [9.17, 15) is 0 Å². The Hall–Kier alpha value is -3.03. The number of ether oxygens (including phenoxy) is 3. The summed E-state index contributed by atoms with van der Waals surface area (Å²) in [5.74, 6) is 1.66. The molecule has 0 spiro atoms. The minimum absolute atomic E-state index is 0.632. The van der Waals surface area contributed by atoms with Gasteiger partial charge in [0.2, 0.25) is 0 Å². The second-order valence-corrected chi connectivity index (χ2v) is 7.21. The third-order valence-electron chi connectivity index (χ3n) is 5.20. The highest BCUT2D eigenvalue weighted by atomic mass is 16.5. The molecule has 0 amide bonds. The van der Waals surface area contributed by atoms with E-state index >= 15 is 0 Å². The monoisotopic (exact) mass is 408 g/mol. The Balaban J connectivity index is 1.53. The number of rotatable bonds is 8. The topological polar surface area (TPSA) is 60.8 Å². The Morgan fingerprint density at radius 3 is 2.67 bits per heavy atom. The molecule has 0 aliphatic carbocycles. The van der Waals surface area contributed by atoms with E-state index in [0.717, 1.165) is 67.0 Å². The van der Waals surface area contributed by atoms with Gasteiger partial charge >= 0.3 is 0 Å². The minimum Gasteiger partial charge on any atom is -0.497 e. The molecule has 1 aliphatic rings. The smallest absolute Gasteiger partial charge is 0.128 e. The van der Waals surface area contributed by atoms with E-state index in [2.05, 4.69) is 21.4 Å². The molecule has 4 rings (SSSR count). The summed E-state index contributed by atoms with van der Waals surface area (Å²) >= 11 is 0. The van der Waals surface area contributed by atoms with Crippen LogP contribution in [0.4, 0.5) is 11.4 Å². The molecule has 0 unspecified atom stereocenters. The van der Waals surface area contributed by atoms with Crippen molar-refractivity contribution in [2.24, 2.45) is 7.05 Å². The van der Waals surface area contributed by atoms with E-state index in [0.29, 0.717) is 6.61 Å². The average molecular weight is 409 g/mol. The van der Waals surface area contributed by atoms with Gasteiger partial charge in [-0.25, -0.2) is 0 Å². The van der Waals surface area contributed by atoms with Crippen LogP contribution in [0.15, 0.2) is 54.7 Å². The van der Waals surface area contributed by atoms with Crippen LogP contribution in [0.25, 0.3) is 11.3 Å². The predicted octanol–water partition coefficient (Wildman–Crippen LogP) is 3.55. The highest BCUT2D eigenvalue weighted by Gasteiger charge is 2.14. The number of nitrogens with zero attached hydrogens (tertiary/aromatic N) is 3. The van der Waals surface area contributed by atoms with Crippen LogP contribution in [0, 0.1) is 0 Å². The number of nitrogens with one attached hydrogen (secondary N) is 1. The van der Waals surface area contributed by atoms with Crippen LogP contribution >= 0.6 is 0 Å². The van der Waals surface area contributed by atoms with Gasteiger partial charge in [-0.15, -0.1) is 0 Å². The van der Waals surface area contributed by atoms with Gasteiger partial charge in [-0.2, -0.15) is 5.10 Å². The maximum Gasteiger partial charge on any atom is 0.128 e. The fourth-order valence-electron chi connectivity index (χ4n) is 3.55. The molecule has 1 saturated heterocycles. The zero-order valence-corrected chi connectivity index (χ0v) is 17.5. The van der Waals surface area contributed by atoms with Gasteiger partial charge in [0.25, 0.3) is 0 Å². The maximum absolute atomic E-state index is 6.19. The zero-order valence-electron chi connectivity index (χ0n) is 17.5. The summed E-state index contributed by atoms with van der Waals surface area (Å²) in [6.45, 7) is 5.03. The normalized spacial score (nSPS) is 14.5. The van der Waals surface area contributed by atoms with Crippen LogP contribution in [-0.4, -0.2) is 61.2 Å². The zero-order chi connectivity index (χ0) is 20.8. The maximum atomic E-state index is 6.19. The van der Waals surface area contributed by atoms with Gasteiger partial charge in [0.1, 0.15) is 18.1 Å².